The van der Waals surface area contributed by atoms with E-state index in [4.69, 9.17) is 5.84 Å². The van der Waals surface area contributed by atoms with Crippen LogP contribution in [-0.2, 0) is 16.4 Å². The van der Waals surface area contributed by atoms with E-state index in [9.17, 15) is 21.6 Å². The monoisotopic (exact) mass is 478 g/mol. The fraction of sp³-hybridized carbons (Fsp3) is 0.500. The molecule has 0 spiro atoms. The molecule has 0 radical (unpaired) electrons. The summed E-state index contributed by atoms with van der Waals surface area (Å²) in [6.07, 6.45) is 2.77. The summed E-state index contributed by atoms with van der Waals surface area (Å²) in [6.45, 7) is 8.43. The summed E-state index contributed by atoms with van der Waals surface area (Å²) in [7, 11) is -5.64. The molecule has 1 aromatic rings. The smallest absolute Gasteiger partial charge is 0.368 e. The first-order chi connectivity index (χ1) is 14.6. The molecule has 0 atom stereocenters. The second-order valence-electron chi connectivity index (χ2n) is 6.74. The number of nitrogens with two attached hydrogens (primary N) is 1. The van der Waals surface area contributed by atoms with Gasteiger partial charge in [0, 0.05) is 23.8 Å². The van der Waals surface area contributed by atoms with Crippen molar-refractivity contribution in [2.24, 2.45) is 21.2 Å². The number of benzene rings is 1. The lowest BCUT2D eigenvalue weighted by molar-refractivity contribution is -0.0429. The average Bonchev–Trinajstić information content (AvgIpc) is 2.71. The summed E-state index contributed by atoms with van der Waals surface area (Å²) in [5.74, 6) is 5.00. The van der Waals surface area contributed by atoms with Crippen LogP contribution in [-0.4, -0.2) is 32.1 Å². The number of nitrogens with one attached hydrogen (secondary N) is 1. The summed E-state index contributed by atoms with van der Waals surface area (Å²) in [4.78, 5) is 2.11. The first-order valence-corrected chi connectivity index (χ1v) is 11.9. The van der Waals surface area contributed by atoms with Gasteiger partial charge in [-0.25, -0.2) is 0 Å². The molecule has 3 N–H and O–H groups in total. The number of thioether (sulfide) groups is 1. The molecule has 0 amide bonds. The molecule has 31 heavy (non-hydrogen) atoms. The zero-order valence-electron chi connectivity index (χ0n) is 17.2. The highest BCUT2D eigenvalue weighted by Crippen LogP contribution is 2.42. The van der Waals surface area contributed by atoms with Crippen LogP contribution in [0.15, 0.2) is 39.1 Å². The molecule has 0 aliphatic carbocycles. The van der Waals surface area contributed by atoms with Crippen molar-refractivity contribution < 1.29 is 21.6 Å². The van der Waals surface area contributed by atoms with Gasteiger partial charge in [-0.3, -0.25) is 4.72 Å². The molecule has 8 nitrogen and oxygen atoms in total. The Morgan fingerprint density at radius 2 is 2.06 bits per heavy atom. The third-order valence-corrected chi connectivity index (χ3v) is 6.51. The fourth-order valence-corrected chi connectivity index (χ4v) is 4.30. The molecule has 1 aromatic carbocycles. The number of alkyl halides is 3. The van der Waals surface area contributed by atoms with Gasteiger partial charge in [0.2, 0.25) is 0 Å². The predicted molar refractivity (Wildman–Crippen MR) is 119 cm³/mol. The molecule has 172 valence electrons. The molecule has 1 aliphatic heterocycles. The van der Waals surface area contributed by atoms with Crippen molar-refractivity contribution in [2.45, 2.75) is 51.1 Å². The molecular weight excluding hydrogens is 453 g/mol. The number of rotatable bonds is 9. The third-order valence-electron chi connectivity index (χ3n) is 4.84. The Hall–Kier alpha value is -2.28. The average molecular weight is 479 g/mol. The predicted octanol–water partition coefficient (Wildman–Crippen LogP) is 5.08. The number of fused-ring (bicyclic) bond motifs is 1. The zero-order chi connectivity index (χ0) is 23.2. The number of hydrazone groups is 1. The first kappa shape index (κ1) is 25.0. The molecule has 0 aromatic heterocycles. The van der Waals surface area contributed by atoms with Crippen molar-refractivity contribution in [1.29, 1.82) is 0 Å². The van der Waals surface area contributed by atoms with Crippen molar-refractivity contribution in [3.63, 3.8) is 0 Å². The van der Waals surface area contributed by atoms with Crippen LogP contribution in [0.4, 0.5) is 30.2 Å². The Bertz CT molecular complexity index is 960. The van der Waals surface area contributed by atoms with Gasteiger partial charge in [-0.1, -0.05) is 32.2 Å². The van der Waals surface area contributed by atoms with Crippen LogP contribution in [0.5, 0.6) is 0 Å². The van der Waals surface area contributed by atoms with Crippen molar-refractivity contribution in [3.8, 4) is 0 Å². The Morgan fingerprint density at radius 1 is 1.39 bits per heavy atom. The summed E-state index contributed by atoms with van der Waals surface area (Å²) in [5.41, 5.74) is -3.31. The van der Waals surface area contributed by atoms with Crippen LogP contribution >= 0.6 is 11.8 Å². The minimum absolute atomic E-state index is 0.0376. The number of azo groups is 1. The van der Waals surface area contributed by atoms with E-state index in [1.165, 1.54) is 11.6 Å². The molecule has 1 heterocycles. The summed E-state index contributed by atoms with van der Waals surface area (Å²) >= 11 is 0.960. The molecule has 0 unspecified atom stereocenters. The van der Waals surface area contributed by atoms with Crippen LogP contribution in [0.1, 0.15) is 38.7 Å². The van der Waals surface area contributed by atoms with Crippen molar-refractivity contribution in [1.82, 2.24) is 0 Å². The highest BCUT2D eigenvalue weighted by Gasteiger charge is 2.47. The van der Waals surface area contributed by atoms with Crippen LogP contribution in [0.3, 0.4) is 0 Å². The van der Waals surface area contributed by atoms with Gasteiger partial charge in [0.1, 0.15) is 10.7 Å². The van der Waals surface area contributed by atoms with Crippen LogP contribution in [0, 0.1) is 0 Å². The lowest BCUT2D eigenvalue weighted by Crippen LogP contribution is -2.39. The lowest BCUT2D eigenvalue weighted by Gasteiger charge is -2.38. The minimum atomic E-state index is -5.64. The molecule has 1 aliphatic rings. The van der Waals surface area contributed by atoms with Crippen LogP contribution in [0.25, 0.3) is 0 Å². The van der Waals surface area contributed by atoms with Gasteiger partial charge < -0.3 is 10.7 Å². The summed E-state index contributed by atoms with van der Waals surface area (Å²) in [6, 6.07) is 3.38. The van der Waals surface area contributed by atoms with Gasteiger partial charge in [-0.15, -0.1) is 10.2 Å². The maximum Gasteiger partial charge on any atom is 0.516 e. The van der Waals surface area contributed by atoms with E-state index >= 15 is 0 Å². The van der Waals surface area contributed by atoms with E-state index in [0.29, 0.717) is 24.1 Å². The van der Waals surface area contributed by atoms with E-state index in [2.05, 4.69) is 26.8 Å². The van der Waals surface area contributed by atoms with Crippen molar-refractivity contribution in [3.05, 3.63) is 29.3 Å². The maximum atomic E-state index is 13.1. The molecular formula is C18H25F3N6O2S2. The second-order valence-corrected chi connectivity index (χ2v) is 9.33. The third kappa shape index (κ3) is 5.91. The first-order valence-electron chi connectivity index (χ1n) is 9.56. The van der Waals surface area contributed by atoms with E-state index in [1.807, 2.05) is 13.8 Å². The largest absolute Gasteiger partial charge is 0.516 e. The van der Waals surface area contributed by atoms with Gasteiger partial charge in [0.25, 0.3) is 0 Å². The Morgan fingerprint density at radius 3 is 2.65 bits per heavy atom. The minimum Gasteiger partial charge on any atom is -0.368 e. The normalized spacial score (nSPS) is 15.1. The second kappa shape index (κ2) is 10.4. The van der Waals surface area contributed by atoms with Gasteiger partial charge in [0.15, 0.2) is 0 Å². The van der Waals surface area contributed by atoms with Crippen LogP contribution < -0.4 is 15.5 Å². The van der Waals surface area contributed by atoms with Crippen LogP contribution in [0.2, 0.25) is 0 Å². The number of hydrogen-bond donors (Lipinski definition) is 2. The Balaban J connectivity index is 2.59. The fourth-order valence-electron chi connectivity index (χ4n) is 3.42. The summed E-state index contributed by atoms with van der Waals surface area (Å²) in [5, 5.41) is 11.2. The van der Waals surface area contributed by atoms with E-state index in [0.717, 1.165) is 31.1 Å². The molecule has 0 saturated carbocycles. The zero-order valence-corrected chi connectivity index (χ0v) is 18.8. The number of hydrogen-bond acceptors (Lipinski definition) is 8. The quantitative estimate of drug-likeness (QED) is 0.169. The van der Waals surface area contributed by atoms with Crippen molar-refractivity contribution in [2.75, 3.05) is 16.2 Å². The van der Waals surface area contributed by atoms with Gasteiger partial charge >= 0.3 is 15.5 Å². The topological polar surface area (TPSA) is 113 Å². The molecule has 13 heteroatoms. The standard InChI is InChI=1S/C18H25F3N6O2S2/c1-4-13(5-2)27-10-6-7-14-16(27)9-8-15(25-24-12(3)30-11-23-22)17(14)26-31(28,29)18(19,20)21/h8-9,11,13,26H,3-7,10,22H2,1-2H3/b23-11-,25-24?. The van der Waals surface area contributed by atoms with E-state index < -0.39 is 15.5 Å². The number of sulfonamides is 1. The highest BCUT2D eigenvalue weighted by molar-refractivity contribution is 8.15. The number of halogens is 3. The van der Waals surface area contributed by atoms with Crippen molar-refractivity contribution >= 4 is 44.4 Å². The van der Waals surface area contributed by atoms with E-state index in [-0.39, 0.29) is 22.4 Å². The molecule has 2 rings (SSSR count). The highest BCUT2D eigenvalue weighted by atomic mass is 32.2. The number of anilines is 2. The molecule has 0 bridgehead atoms. The summed E-state index contributed by atoms with van der Waals surface area (Å²) < 4.78 is 64.8. The number of nitrogens with zero attached hydrogens (tertiary/aromatic N) is 4. The Labute approximate surface area is 183 Å². The lowest BCUT2D eigenvalue weighted by atomic mass is 9.96. The van der Waals surface area contributed by atoms with Gasteiger partial charge in [-0.05, 0) is 37.8 Å². The SMILES string of the molecule is C=C(N=Nc1ccc2c(c1NS(=O)(=O)C(F)(F)F)CCCN2C(CC)CC)S/C=N\N. The molecule has 0 fully saturated rings. The molecule has 0 saturated heterocycles. The van der Waals surface area contributed by atoms with Gasteiger partial charge in [-0.2, -0.15) is 26.7 Å². The Kier molecular flexibility index (Phi) is 8.34. The van der Waals surface area contributed by atoms with E-state index in [1.54, 1.807) is 10.8 Å². The maximum absolute atomic E-state index is 13.1. The van der Waals surface area contributed by atoms with Gasteiger partial charge in [0.05, 0.1) is 11.2 Å².